The van der Waals surface area contributed by atoms with Crippen molar-refractivity contribution in [1.82, 2.24) is 19.3 Å². The van der Waals surface area contributed by atoms with Gasteiger partial charge in [-0.25, -0.2) is 18.4 Å². The molecule has 1 aromatic carbocycles. The molecule has 0 amide bonds. The average molecular weight is 432 g/mol. The van der Waals surface area contributed by atoms with Crippen LogP contribution in [0, 0.1) is 0 Å². The number of morpholine rings is 1. The van der Waals surface area contributed by atoms with Gasteiger partial charge in [0.2, 0.25) is 10.0 Å². The van der Waals surface area contributed by atoms with Crippen LogP contribution in [0.2, 0.25) is 5.02 Å². The van der Waals surface area contributed by atoms with E-state index in [1.807, 2.05) is 6.07 Å². The number of rotatable bonds is 5. The summed E-state index contributed by atoms with van der Waals surface area (Å²) in [7, 11) is -3.73. The molecule has 1 N–H and O–H groups in total. The van der Waals surface area contributed by atoms with Gasteiger partial charge in [0.15, 0.2) is 0 Å². The quantitative estimate of drug-likeness (QED) is 0.663. The fraction of sp³-hybridized carbons (Fsp3) is 0.211. The number of nitrogens with zero attached hydrogens (tertiary/aromatic N) is 4. The Bertz CT molecular complexity index is 1100. The van der Waals surface area contributed by atoms with Gasteiger partial charge in [-0.1, -0.05) is 29.8 Å². The zero-order valence-electron chi connectivity index (χ0n) is 15.3. The average Bonchev–Trinajstić information content (AvgIpc) is 2.75. The molecule has 0 bridgehead atoms. The molecule has 1 aliphatic heterocycles. The molecule has 29 heavy (non-hydrogen) atoms. The molecule has 1 saturated heterocycles. The summed E-state index contributed by atoms with van der Waals surface area (Å²) in [5, 5.41) is 3.27. The van der Waals surface area contributed by atoms with E-state index in [1.54, 1.807) is 48.9 Å². The van der Waals surface area contributed by atoms with E-state index in [-0.39, 0.29) is 29.6 Å². The molecule has 8 nitrogen and oxygen atoms in total. The van der Waals surface area contributed by atoms with Crippen molar-refractivity contribution in [2.24, 2.45) is 0 Å². The first-order valence-electron chi connectivity index (χ1n) is 8.90. The SMILES string of the molecule is O=S(=O)(c1ccccc1Cl)N1CCO[C@H](c2cccc(Nc3cnccn3)n2)C1. The number of halogens is 1. The molecule has 1 fully saturated rings. The molecule has 3 heterocycles. The molecule has 1 aliphatic rings. The molecule has 4 rings (SSSR count). The van der Waals surface area contributed by atoms with E-state index in [4.69, 9.17) is 16.3 Å². The third kappa shape index (κ3) is 4.38. The molecule has 0 unspecified atom stereocenters. The van der Waals surface area contributed by atoms with Crippen molar-refractivity contribution in [2.45, 2.75) is 11.0 Å². The van der Waals surface area contributed by atoms with Crippen LogP contribution in [-0.4, -0.2) is 47.4 Å². The number of hydrogen-bond acceptors (Lipinski definition) is 7. The van der Waals surface area contributed by atoms with Gasteiger partial charge in [0.05, 0.1) is 23.5 Å². The summed E-state index contributed by atoms with van der Waals surface area (Å²) < 4.78 is 33.2. The van der Waals surface area contributed by atoms with Gasteiger partial charge in [0.25, 0.3) is 0 Å². The largest absolute Gasteiger partial charge is 0.369 e. The van der Waals surface area contributed by atoms with Gasteiger partial charge >= 0.3 is 0 Å². The maximum atomic E-state index is 13.0. The third-order valence-corrected chi connectivity index (χ3v) is 6.77. The lowest BCUT2D eigenvalue weighted by Gasteiger charge is -2.32. The second kappa shape index (κ2) is 8.42. The van der Waals surface area contributed by atoms with Crippen LogP contribution in [-0.2, 0) is 14.8 Å². The van der Waals surface area contributed by atoms with Crippen LogP contribution in [0.1, 0.15) is 11.8 Å². The minimum atomic E-state index is -3.73. The van der Waals surface area contributed by atoms with E-state index < -0.39 is 16.1 Å². The summed E-state index contributed by atoms with van der Waals surface area (Å²) >= 11 is 6.11. The number of hydrogen-bond donors (Lipinski definition) is 1. The highest BCUT2D eigenvalue weighted by atomic mass is 35.5. The van der Waals surface area contributed by atoms with Gasteiger partial charge in [-0.05, 0) is 24.3 Å². The normalized spacial score (nSPS) is 17.8. The van der Waals surface area contributed by atoms with Crippen LogP contribution in [0.4, 0.5) is 11.6 Å². The van der Waals surface area contributed by atoms with Crippen molar-refractivity contribution in [3.63, 3.8) is 0 Å². The lowest BCUT2D eigenvalue weighted by molar-refractivity contribution is -0.00486. The number of benzene rings is 1. The number of aromatic nitrogens is 3. The van der Waals surface area contributed by atoms with E-state index in [0.29, 0.717) is 17.3 Å². The van der Waals surface area contributed by atoms with Crippen LogP contribution >= 0.6 is 11.6 Å². The second-order valence-corrected chi connectivity index (χ2v) is 8.63. The van der Waals surface area contributed by atoms with Crippen molar-refractivity contribution < 1.29 is 13.2 Å². The van der Waals surface area contributed by atoms with Crippen LogP contribution < -0.4 is 5.32 Å². The molecule has 0 radical (unpaired) electrons. The third-order valence-electron chi connectivity index (χ3n) is 4.40. The Hall–Kier alpha value is -2.59. The van der Waals surface area contributed by atoms with E-state index in [1.165, 1.54) is 10.4 Å². The fourth-order valence-electron chi connectivity index (χ4n) is 3.01. The topological polar surface area (TPSA) is 97.3 Å². The van der Waals surface area contributed by atoms with Crippen LogP contribution in [0.25, 0.3) is 0 Å². The molecule has 0 aliphatic carbocycles. The van der Waals surface area contributed by atoms with Crippen molar-refractivity contribution in [1.29, 1.82) is 0 Å². The summed E-state index contributed by atoms with van der Waals surface area (Å²) in [6.07, 6.45) is 4.25. The van der Waals surface area contributed by atoms with Gasteiger partial charge in [0.1, 0.15) is 22.6 Å². The molecular weight excluding hydrogens is 414 g/mol. The van der Waals surface area contributed by atoms with Crippen molar-refractivity contribution in [2.75, 3.05) is 25.0 Å². The Kier molecular flexibility index (Phi) is 5.72. The van der Waals surface area contributed by atoms with E-state index >= 15 is 0 Å². The molecule has 2 aromatic heterocycles. The number of pyridine rings is 1. The summed E-state index contributed by atoms with van der Waals surface area (Å²) in [6, 6.07) is 11.8. The minimum Gasteiger partial charge on any atom is -0.369 e. The first-order chi connectivity index (χ1) is 14.0. The Morgan fingerprint density at radius 1 is 1.10 bits per heavy atom. The van der Waals surface area contributed by atoms with Gasteiger partial charge < -0.3 is 10.1 Å². The van der Waals surface area contributed by atoms with Crippen molar-refractivity contribution in [3.8, 4) is 0 Å². The predicted octanol–water partition coefficient (Wildman–Crippen LogP) is 3.03. The Morgan fingerprint density at radius 2 is 1.97 bits per heavy atom. The Balaban J connectivity index is 1.54. The highest BCUT2D eigenvalue weighted by Gasteiger charge is 2.33. The monoisotopic (exact) mass is 431 g/mol. The summed E-state index contributed by atoms with van der Waals surface area (Å²) in [6.45, 7) is 0.661. The number of nitrogens with one attached hydrogen (secondary N) is 1. The zero-order chi connectivity index (χ0) is 20.3. The predicted molar refractivity (Wildman–Crippen MR) is 108 cm³/mol. The van der Waals surface area contributed by atoms with Gasteiger partial charge in [0, 0.05) is 25.5 Å². The van der Waals surface area contributed by atoms with Crippen molar-refractivity contribution in [3.05, 3.63) is 71.8 Å². The first kappa shape index (κ1) is 19.7. The Morgan fingerprint density at radius 3 is 2.76 bits per heavy atom. The van der Waals surface area contributed by atoms with Crippen LogP contribution in [0.15, 0.2) is 66.0 Å². The molecule has 0 spiro atoms. The maximum absolute atomic E-state index is 13.0. The molecular formula is C19H18ClN5O3S. The number of anilines is 2. The fourth-order valence-corrected chi connectivity index (χ4v) is 4.93. The molecule has 150 valence electrons. The van der Waals surface area contributed by atoms with E-state index in [2.05, 4.69) is 20.3 Å². The van der Waals surface area contributed by atoms with Crippen LogP contribution in [0.3, 0.4) is 0 Å². The van der Waals surface area contributed by atoms with Crippen molar-refractivity contribution >= 4 is 33.3 Å². The zero-order valence-corrected chi connectivity index (χ0v) is 16.8. The van der Waals surface area contributed by atoms with Gasteiger partial charge in [-0.2, -0.15) is 4.31 Å². The number of ether oxygens (including phenoxy) is 1. The highest BCUT2D eigenvalue weighted by molar-refractivity contribution is 7.89. The highest BCUT2D eigenvalue weighted by Crippen LogP contribution is 2.29. The summed E-state index contributed by atoms with van der Waals surface area (Å²) in [5.41, 5.74) is 0.623. The van der Waals surface area contributed by atoms with E-state index in [0.717, 1.165) is 0 Å². The minimum absolute atomic E-state index is 0.0911. The smallest absolute Gasteiger partial charge is 0.244 e. The van der Waals surface area contributed by atoms with Gasteiger partial charge in [-0.15, -0.1) is 0 Å². The molecule has 0 saturated carbocycles. The van der Waals surface area contributed by atoms with Crippen LogP contribution in [0.5, 0.6) is 0 Å². The molecule has 3 aromatic rings. The number of sulfonamides is 1. The van der Waals surface area contributed by atoms with E-state index in [9.17, 15) is 8.42 Å². The first-order valence-corrected chi connectivity index (χ1v) is 10.7. The molecule has 1 atom stereocenters. The summed E-state index contributed by atoms with van der Waals surface area (Å²) in [4.78, 5) is 12.8. The Labute approximate surface area is 173 Å². The lowest BCUT2D eigenvalue weighted by atomic mass is 10.2. The lowest BCUT2D eigenvalue weighted by Crippen LogP contribution is -2.42. The van der Waals surface area contributed by atoms with Gasteiger partial charge in [-0.3, -0.25) is 4.98 Å². The standard InChI is InChI=1S/C19H18ClN5O3S/c20-14-4-1-2-6-17(14)29(26,27)25-10-11-28-16(13-25)15-5-3-7-18(23-15)24-19-12-21-8-9-22-19/h1-9,12,16H,10-11,13H2,(H,22,23,24)/t16-/m0/s1. The maximum Gasteiger partial charge on any atom is 0.244 e. The molecule has 10 heteroatoms. The summed E-state index contributed by atoms with van der Waals surface area (Å²) in [5.74, 6) is 1.13. The second-order valence-electron chi connectivity index (χ2n) is 6.32.